The van der Waals surface area contributed by atoms with Gasteiger partial charge in [0.25, 0.3) is 5.56 Å². The number of thiophene rings is 1. The van der Waals surface area contributed by atoms with Gasteiger partial charge in [0.2, 0.25) is 11.8 Å². The predicted octanol–water partition coefficient (Wildman–Crippen LogP) is 1.50. The second-order valence-electron chi connectivity index (χ2n) is 7.03. The molecule has 0 aliphatic carbocycles. The number of aromatic nitrogens is 2. The Morgan fingerprint density at radius 1 is 1.24 bits per heavy atom. The van der Waals surface area contributed by atoms with Crippen molar-refractivity contribution in [3.63, 3.8) is 0 Å². The van der Waals surface area contributed by atoms with E-state index in [1.54, 1.807) is 0 Å². The molecule has 25 heavy (non-hydrogen) atoms. The molecule has 0 aromatic carbocycles. The summed E-state index contributed by atoms with van der Waals surface area (Å²) in [7, 11) is 0. The zero-order valence-corrected chi connectivity index (χ0v) is 16.0. The van der Waals surface area contributed by atoms with Crippen molar-refractivity contribution < 1.29 is 9.59 Å². The lowest BCUT2D eigenvalue weighted by Gasteiger charge is -2.20. The van der Waals surface area contributed by atoms with Crippen LogP contribution >= 0.6 is 11.3 Å². The van der Waals surface area contributed by atoms with Crippen molar-refractivity contribution in [2.24, 2.45) is 0 Å². The van der Waals surface area contributed by atoms with Crippen LogP contribution in [0.25, 0.3) is 10.2 Å². The molecule has 2 N–H and O–H groups in total. The lowest BCUT2D eigenvalue weighted by atomic mass is 10.1. The van der Waals surface area contributed by atoms with Crippen LogP contribution in [-0.2, 0) is 16.1 Å². The molecule has 2 aromatic heterocycles. The van der Waals surface area contributed by atoms with E-state index in [0.717, 1.165) is 15.3 Å². The number of rotatable bonds is 5. The van der Waals surface area contributed by atoms with Gasteiger partial charge in [-0.2, -0.15) is 0 Å². The van der Waals surface area contributed by atoms with Crippen LogP contribution in [0.1, 0.15) is 37.6 Å². The molecule has 0 aliphatic heterocycles. The minimum absolute atomic E-state index is 0.0783. The third-order valence-corrected chi connectivity index (χ3v) is 4.81. The molecule has 0 saturated carbocycles. The van der Waals surface area contributed by atoms with E-state index in [1.807, 2.05) is 34.6 Å². The summed E-state index contributed by atoms with van der Waals surface area (Å²) in [6, 6.07) is 0. The Kier molecular flexibility index (Phi) is 5.62. The molecule has 2 amide bonds. The van der Waals surface area contributed by atoms with E-state index in [9.17, 15) is 14.4 Å². The van der Waals surface area contributed by atoms with Gasteiger partial charge in [0.1, 0.15) is 4.83 Å². The van der Waals surface area contributed by atoms with Crippen molar-refractivity contribution >= 4 is 33.4 Å². The fourth-order valence-corrected chi connectivity index (χ4v) is 3.37. The maximum absolute atomic E-state index is 12.5. The molecule has 0 bridgehead atoms. The molecule has 7 nitrogen and oxygen atoms in total. The molecule has 8 heteroatoms. The first kappa shape index (κ1) is 19.1. The fourth-order valence-electron chi connectivity index (χ4n) is 2.38. The van der Waals surface area contributed by atoms with E-state index in [0.29, 0.717) is 5.39 Å². The second-order valence-corrected chi connectivity index (χ2v) is 8.23. The lowest BCUT2D eigenvalue weighted by molar-refractivity contribution is -0.127. The zero-order valence-electron chi connectivity index (χ0n) is 15.2. The third-order valence-electron chi connectivity index (χ3n) is 3.70. The van der Waals surface area contributed by atoms with Crippen LogP contribution in [0.4, 0.5) is 0 Å². The van der Waals surface area contributed by atoms with E-state index >= 15 is 0 Å². The molecule has 2 heterocycles. The zero-order chi connectivity index (χ0) is 18.8. The topological polar surface area (TPSA) is 93.1 Å². The maximum atomic E-state index is 12.5. The van der Waals surface area contributed by atoms with Gasteiger partial charge < -0.3 is 10.6 Å². The third kappa shape index (κ3) is 4.88. The van der Waals surface area contributed by atoms with Crippen LogP contribution in [-0.4, -0.2) is 33.4 Å². The van der Waals surface area contributed by atoms with Gasteiger partial charge in [-0.25, -0.2) is 4.98 Å². The van der Waals surface area contributed by atoms with Gasteiger partial charge in [0, 0.05) is 23.4 Å². The predicted molar refractivity (Wildman–Crippen MR) is 98.9 cm³/mol. The molecule has 2 aromatic rings. The number of fused-ring (bicyclic) bond motifs is 1. The average Bonchev–Trinajstić information content (AvgIpc) is 2.78. The van der Waals surface area contributed by atoms with Crippen molar-refractivity contribution in [2.75, 3.05) is 6.54 Å². The number of carbonyl (C=O) groups excluding carboxylic acids is 2. The molecule has 2 rings (SSSR count). The Morgan fingerprint density at radius 2 is 1.92 bits per heavy atom. The van der Waals surface area contributed by atoms with Crippen LogP contribution in [0.5, 0.6) is 0 Å². The Hall–Kier alpha value is -2.22. The fraction of sp³-hybridized carbons (Fsp3) is 0.529. The van der Waals surface area contributed by atoms with E-state index in [-0.39, 0.29) is 42.4 Å². The highest BCUT2D eigenvalue weighted by Gasteiger charge is 2.15. The Labute approximate surface area is 150 Å². The van der Waals surface area contributed by atoms with Gasteiger partial charge in [-0.15, -0.1) is 11.3 Å². The number of amides is 2. The Balaban J connectivity index is 1.95. The molecule has 0 saturated heterocycles. The second kappa shape index (κ2) is 7.35. The molecular formula is C17H24N4O3S. The average molecular weight is 364 g/mol. The molecule has 0 unspecified atom stereocenters. The quantitative estimate of drug-likeness (QED) is 0.841. The van der Waals surface area contributed by atoms with Gasteiger partial charge in [-0.1, -0.05) is 0 Å². The van der Waals surface area contributed by atoms with Crippen molar-refractivity contribution in [3.05, 3.63) is 27.1 Å². The van der Waals surface area contributed by atoms with Crippen molar-refractivity contribution in [1.29, 1.82) is 0 Å². The van der Waals surface area contributed by atoms with E-state index in [4.69, 9.17) is 0 Å². The summed E-state index contributed by atoms with van der Waals surface area (Å²) in [5.74, 6) is -0.528. The number of hydrogen-bond donors (Lipinski definition) is 2. The first-order valence-corrected chi connectivity index (χ1v) is 8.93. The maximum Gasteiger partial charge on any atom is 0.262 e. The highest BCUT2D eigenvalue weighted by Crippen LogP contribution is 2.25. The summed E-state index contributed by atoms with van der Waals surface area (Å²) in [5, 5.41) is 5.95. The first-order chi connectivity index (χ1) is 11.6. The summed E-state index contributed by atoms with van der Waals surface area (Å²) in [5.41, 5.74) is 0.465. The summed E-state index contributed by atoms with van der Waals surface area (Å²) in [6.45, 7) is 9.63. The lowest BCUT2D eigenvalue weighted by Crippen LogP contribution is -2.46. The molecule has 0 spiro atoms. The standard InChI is InChI=1S/C17H24N4O3S/c1-10-11(2)25-15-14(10)16(24)21(9-19-15)7-6-12(22)18-8-13(23)20-17(3,4)5/h9H,6-8H2,1-5H3,(H,18,22)(H,20,23). The van der Waals surface area contributed by atoms with Crippen LogP contribution in [0.2, 0.25) is 0 Å². The molecule has 0 atom stereocenters. The number of carbonyl (C=O) groups is 2. The molecule has 0 aliphatic rings. The van der Waals surface area contributed by atoms with Gasteiger partial charge in [0.15, 0.2) is 0 Å². The monoisotopic (exact) mass is 364 g/mol. The summed E-state index contributed by atoms with van der Waals surface area (Å²) in [4.78, 5) is 42.2. The highest BCUT2D eigenvalue weighted by molar-refractivity contribution is 7.18. The molecular weight excluding hydrogens is 340 g/mol. The van der Waals surface area contributed by atoms with Gasteiger partial charge in [-0.05, 0) is 40.2 Å². The number of nitrogens with one attached hydrogen (secondary N) is 2. The van der Waals surface area contributed by atoms with E-state index < -0.39 is 0 Å². The van der Waals surface area contributed by atoms with Crippen LogP contribution in [0.3, 0.4) is 0 Å². The summed E-state index contributed by atoms with van der Waals surface area (Å²) < 4.78 is 1.44. The number of hydrogen-bond acceptors (Lipinski definition) is 5. The minimum Gasteiger partial charge on any atom is -0.350 e. The largest absolute Gasteiger partial charge is 0.350 e. The van der Waals surface area contributed by atoms with Crippen LogP contribution in [0.15, 0.2) is 11.1 Å². The smallest absolute Gasteiger partial charge is 0.262 e. The van der Waals surface area contributed by atoms with E-state index in [2.05, 4.69) is 15.6 Å². The Morgan fingerprint density at radius 3 is 2.56 bits per heavy atom. The van der Waals surface area contributed by atoms with Gasteiger partial charge in [0.05, 0.1) is 18.3 Å². The van der Waals surface area contributed by atoms with Crippen LogP contribution in [0, 0.1) is 13.8 Å². The molecule has 136 valence electrons. The van der Waals surface area contributed by atoms with Gasteiger partial charge in [-0.3, -0.25) is 19.0 Å². The highest BCUT2D eigenvalue weighted by atomic mass is 32.1. The molecule has 0 radical (unpaired) electrons. The normalized spacial score (nSPS) is 11.6. The Bertz CT molecular complexity index is 861. The summed E-state index contributed by atoms with van der Waals surface area (Å²) in [6.07, 6.45) is 1.58. The molecule has 0 fully saturated rings. The van der Waals surface area contributed by atoms with Crippen molar-refractivity contribution in [1.82, 2.24) is 20.2 Å². The van der Waals surface area contributed by atoms with Crippen LogP contribution < -0.4 is 16.2 Å². The number of aryl methyl sites for hydroxylation is 3. The summed E-state index contributed by atoms with van der Waals surface area (Å²) >= 11 is 1.49. The minimum atomic E-state index is -0.341. The number of nitrogens with zero attached hydrogens (tertiary/aromatic N) is 2. The van der Waals surface area contributed by atoms with Crippen molar-refractivity contribution in [3.8, 4) is 0 Å². The van der Waals surface area contributed by atoms with Gasteiger partial charge >= 0.3 is 0 Å². The van der Waals surface area contributed by atoms with Crippen molar-refractivity contribution in [2.45, 2.75) is 53.1 Å². The first-order valence-electron chi connectivity index (χ1n) is 8.11. The van der Waals surface area contributed by atoms with E-state index in [1.165, 1.54) is 22.2 Å². The SMILES string of the molecule is Cc1sc2ncn(CCC(=O)NCC(=O)NC(C)(C)C)c(=O)c2c1C.